The van der Waals surface area contributed by atoms with Crippen LogP contribution in [0.1, 0.15) is 26.7 Å². The summed E-state index contributed by atoms with van der Waals surface area (Å²) in [6.45, 7) is 1.45. The third-order valence-electron chi connectivity index (χ3n) is 4.09. The van der Waals surface area contributed by atoms with Crippen LogP contribution in [0.2, 0.25) is 0 Å². The van der Waals surface area contributed by atoms with Crippen LogP contribution in [0.3, 0.4) is 0 Å². The zero-order valence-corrected chi connectivity index (χ0v) is 16.2. The van der Waals surface area contributed by atoms with Gasteiger partial charge in [-0.1, -0.05) is 44.2 Å². The van der Waals surface area contributed by atoms with Gasteiger partial charge in [0.1, 0.15) is 28.0 Å². The molecule has 0 fully saturated rings. The van der Waals surface area contributed by atoms with Gasteiger partial charge in [0, 0.05) is 12.1 Å². The predicted octanol–water partition coefficient (Wildman–Crippen LogP) is 5.64. The first-order chi connectivity index (χ1) is 14.0. The van der Waals surface area contributed by atoms with Crippen molar-refractivity contribution in [3.8, 4) is 28.6 Å². The van der Waals surface area contributed by atoms with Gasteiger partial charge in [0.15, 0.2) is 0 Å². The van der Waals surface area contributed by atoms with Gasteiger partial charge in [-0.25, -0.2) is 0 Å². The van der Waals surface area contributed by atoms with E-state index in [0.29, 0.717) is 31.6 Å². The van der Waals surface area contributed by atoms with E-state index in [4.69, 9.17) is 13.9 Å². The molecule has 154 valence electrons. The van der Waals surface area contributed by atoms with Crippen molar-refractivity contribution >= 4 is 11.0 Å². The molecule has 3 rings (SSSR count). The van der Waals surface area contributed by atoms with E-state index in [2.05, 4.69) is 4.74 Å². The minimum atomic E-state index is -3.02. The number of hydrogen-bond donors (Lipinski definition) is 0. The molecule has 0 unspecified atom stereocenters. The molecule has 0 spiro atoms. The van der Waals surface area contributed by atoms with E-state index in [0.717, 1.165) is 0 Å². The Morgan fingerprint density at radius 3 is 2.34 bits per heavy atom. The Kier molecular flexibility index (Phi) is 6.69. The zero-order chi connectivity index (χ0) is 20.8. The summed E-state index contributed by atoms with van der Waals surface area (Å²) in [7, 11) is 0. The van der Waals surface area contributed by atoms with Crippen LogP contribution >= 0.6 is 0 Å². The molecule has 0 radical (unpaired) electrons. The number of alkyl halides is 2. The Labute approximate surface area is 166 Å². The van der Waals surface area contributed by atoms with Crippen molar-refractivity contribution < 1.29 is 27.4 Å². The van der Waals surface area contributed by atoms with Gasteiger partial charge >= 0.3 is 6.61 Å². The molecule has 5 nitrogen and oxygen atoms in total. The van der Waals surface area contributed by atoms with Crippen molar-refractivity contribution in [1.82, 2.24) is 0 Å². The summed E-state index contributed by atoms with van der Waals surface area (Å²) in [4.78, 5) is 13.4. The van der Waals surface area contributed by atoms with Crippen molar-refractivity contribution in [2.24, 2.45) is 0 Å². The van der Waals surface area contributed by atoms with Crippen LogP contribution < -0.4 is 19.6 Å². The lowest BCUT2D eigenvalue weighted by Crippen LogP contribution is -2.12. The molecule has 1 heterocycles. The Morgan fingerprint density at radius 2 is 1.69 bits per heavy atom. The average molecular weight is 404 g/mol. The van der Waals surface area contributed by atoms with Crippen LogP contribution in [0, 0.1) is 0 Å². The zero-order valence-electron chi connectivity index (χ0n) is 16.2. The Hall–Kier alpha value is -3.09. The first-order valence-corrected chi connectivity index (χ1v) is 9.45. The number of fused-ring (bicyclic) bond motifs is 1. The first-order valence-electron chi connectivity index (χ1n) is 9.45. The molecule has 0 aliphatic heterocycles. The topological polar surface area (TPSA) is 57.9 Å². The van der Waals surface area contributed by atoms with E-state index in [1.54, 1.807) is 24.3 Å². The number of ether oxygens (including phenoxy) is 3. The van der Waals surface area contributed by atoms with Crippen LogP contribution in [-0.2, 0) is 0 Å². The summed E-state index contributed by atoms with van der Waals surface area (Å²) in [6.07, 6.45) is 1.38. The molecular formula is C22H22F2O5. The molecule has 0 aliphatic carbocycles. The highest BCUT2D eigenvalue weighted by Gasteiger charge is 2.22. The van der Waals surface area contributed by atoms with Crippen LogP contribution in [0.4, 0.5) is 8.78 Å². The van der Waals surface area contributed by atoms with Crippen molar-refractivity contribution in [2.45, 2.75) is 33.3 Å². The first kappa shape index (κ1) is 20.6. The van der Waals surface area contributed by atoms with Gasteiger partial charge in [0.25, 0.3) is 5.95 Å². The van der Waals surface area contributed by atoms with Gasteiger partial charge < -0.3 is 18.6 Å². The fraction of sp³-hybridized carbons (Fsp3) is 0.318. The predicted molar refractivity (Wildman–Crippen MR) is 106 cm³/mol. The quantitative estimate of drug-likeness (QED) is 0.462. The summed E-state index contributed by atoms with van der Waals surface area (Å²) in [5, 5.41) is 0.155. The van der Waals surface area contributed by atoms with Crippen LogP contribution in [0.5, 0.6) is 17.4 Å². The summed E-state index contributed by atoms with van der Waals surface area (Å²) in [6, 6.07) is 11.5. The average Bonchev–Trinajstić information content (AvgIpc) is 2.70. The van der Waals surface area contributed by atoms with E-state index >= 15 is 0 Å². The molecule has 0 saturated carbocycles. The van der Waals surface area contributed by atoms with Gasteiger partial charge in [-0.15, -0.1) is 0 Å². The minimum absolute atomic E-state index is 0.0335. The van der Waals surface area contributed by atoms with Crippen LogP contribution in [0.25, 0.3) is 22.1 Å². The van der Waals surface area contributed by atoms with Crippen LogP contribution in [0.15, 0.2) is 51.7 Å². The number of benzene rings is 2. The molecule has 3 aromatic rings. The fourth-order valence-electron chi connectivity index (χ4n) is 2.89. The lowest BCUT2D eigenvalue weighted by molar-refractivity contribution is -0.0498. The molecular weight excluding hydrogens is 382 g/mol. The van der Waals surface area contributed by atoms with Crippen molar-refractivity contribution in [1.29, 1.82) is 0 Å². The number of hydrogen-bond acceptors (Lipinski definition) is 5. The van der Waals surface area contributed by atoms with Gasteiger partial charge in [-0.2, -0.15) is 8.78 Å². The molecule has 1 aromatic heterocycles. The molecule has 0 bridgehead atoms. The van der Waals surface area contributed by atoms with E-state index in [-0.39, 0.29) is 39.4 Å². The second kappa shape index (κ2) is 9.41. The molecule has 0 N–H and O–H groups in total. The largest absolute Gasteiger partial charge is 0.493 e. The summed E-state index contributed by atoms with van der Waals surface area (Å²) in [5.74, 6) is 0.00909. The van der Waals surface area contributed by atoms with Gasteiger partial charge in [0.2, 0.25) is 5.43 Å². The lowest BCUT2D eigenvalue weighted by Gasteiger charge is -2.15. The highest BCUT2D eigenvalue weighted by atomic mass is 19.3. The van der Waals surface area contributed by atoms with Gasteiger partial charge in [0.05, 0.1) is 13.2 Å². The molecule has 0 amide bonds. The van der Waals surface area contributed by atoms with Gasteiger partial charge in [-0.3, -0.25) is 4.79 Å². The smallest absolute Gasteiger partial charge is 0.387 e. The van der Waals surface area contributed by atoms with Crippen molar-refractivity contribution in [3.05, 3.63) is 52.7 Å². The van der Waals surface area contributed by atoms with Crippen molar-refractivity contribution in [3.63, 3.8) is 0 Å². The van der Waals surface area contributed by atoms with Crippen molar-refractivity contribution in [2.75, 3.05) is 13.2 Å². The molecule has 29 heavy (non-hydrogen) atoms. The maximum atomic E-state index is 13.4. The third kappa shape index (κ3) is 4.67. The fourth-order valence-corrected chi connectivity index (χ4v) is 2.89. The number of rotatable bonds is 9. The molecule has 2 aromatic carbocycles. The summed E-state index contributed by atoms with van der Waals surface area (Å²) < 4.78 is 47.2. The maximum Gasteiger partial charge on any atom is 0.387 e. The maximum absolute atomic E-state index is 13.4. The number of halogens is 2. The normalized spacial score (nSPS) is 11.1. The Morgan fingerprint density at radius 1 is 1.00 bits per heavy atom. The van der Waals surface area contributed by atoms with E-state index in [9.17, 15) is 13.6 Å². The summed E-state index contributed by atoms with van der Waals surface area (Å²) >= 11 is 0. The molecule has 0 atom stereocenters. The second-order valence-corrected chi connectivity index (χ2v) is 6.33. The lowest BCUT2D eigenvalue weighted by atomic mass is 10.0. The van der Waals surface area contributed by atoms with E-state index in [1.165, 1.54) is 12.1 Å². The highest BCUT2D eigenvalue weighted by Crippen LogP contribution is 2.36. The van der Waals surface area contributed by atoms with E-state index in [1.807, 2.05) is 19.9 Å². The monoisotopic (exact) mass is 404 g/mol. The molecule has 0 saturated heterocycles. The SMILES string of the molecule is CCCOc1oc2cc(OC(F)F)cc(OCCC)c2c(=O)c1-c1ccccc1. The third-order valence-corrected chi connectivity index (χ3v) is 4.09. The highest BCUT2D eigenvalue weighted by molar-refractivity contribution is 5.90. The van der Waals surface area contributed by atoms with E-state index < -0.39 is 6.61 Å². The van der Waals surface area contributed by atoms with Gasteiger partial charge in [-0.05, 0) is 18.4 Å². The standard InChI is InChI=1S/C22H22F2O5/c1-3-10-26-16-12-15(28-22(23)24)13-17-19(16)20(25)18(14-8-6-5-7-9-14)21(29-17)27-11-4-2/h5-9,12-13,22H,3-4,10-11H2,1-2H3. The Bertz CT molecular complexity index is 1020. The molecule has 0 aliphatic rings. The minimum Gasteiger partial charge on any atom is -0.493 e. The summed E-state index contributed by atoms with van der Waals surface area (Å²) in [5.41, 5.74) is 0.585. The van der Waals surface area contributed by atoms with Crippen LogP contribution in [-0.4, -0.2) is 19.8 Å². The molecule has 7 heteroatoms. The second-order valence-electron chi connectivity index (χ2n) is 6.33. The Balaban J connectivity index is 2.29.